The van der Waals surface area contributed by atoms with Crippen LogP contribution in [-0.4, -0.2) is 24.8 Å². The van der Waals surface area contributed by atoms with Gasteiger partial charge in [-0.2, -0.15) is 5.26 Å². The van der Waals surface area contributed by atoms with Gasteiger partial charge in [0.25, 0.3) is 0 Å². The molecule has 0 spiro atoms. The lowest BCUT2D eigenvalue weighted by Gasteiger charge is -2.45. The summed E-state index contributed by atoms with van der Waals surface area (Å²) in [5.41, 5.74) is 0.0484. The molecule has 1 N–H and O–H groups in total. The Morgan fingerprint density at radius 3 is 2.72 bits per heavy atom. The lowest BCUT2D eigenvalue weighted by molar-refractivity contribution is 0.0744. The highest BCUT2D eigenvalue weighted by atomic mass is 16.5. The Balaban J connectivity index is 1.95. The molecule has 1 saturated carbocycles. The molecule has 0 radical (unpaired) electrons. The summed E-state index contributed by atoms with van der Waals surface area (Å²) in [6.45, 7) is 8.55. The largest absolute Gasteiger partial charge is 0.377 e. The van der Waals surface area contributed by atoms with Crippen LogP contribution < -0.4 is 5.32 Å². The maximum atomic E-state index is 9.60. The molecule has 2 aliphatic rings. The van der Waals surface area contributed by atoms with Crippen molar-refractivity contribution in [3.63, 3.8) is 0 Å². The molecule has 2 rings (SSSR count). The molecule has 0 amide bonds. The number of nitrogens with zero attached hydrogens (tertiary/aromatic N) is 1. The van der Waals surface area contributed by atoms with Gasteiger partial charge in [-0.15, -0.1) is 0 Å². The lowest BCUT2D eigenvalue weighted by atomic mass is 9.64. The van der Waals surface area contributed by atoms with Crippen LogP contribution in [0.15, 0.2) is 0 Å². The minimum atomic E-state index is -0.332. The summed E-state index contributed by atoms with van der Waals surface area (Å²) in [7, 11) is 0. The van der Waals surface area contributed by atoms with Crippen LogP contribution in [0.1, 0.15) is 52.9 Å². The first-order valence-corrected chi connectivity index (χ1v) is 7.25. The van der Waals surface area contributed by atoms with Crippen LogP contribution in [0.5, 0.6) is 0 Å². The number of hydrogen-bond donors (Lipinski definition) is 1. The molecule has 1 heterocycles. The van der Waals surface area contributed by atoms with Crippen molar-refractivity contribution in [1.82, 2.24) is 5.32 Å². The van der Waals surface area contributed by atoms with Gasteiger partial charge in [-0.25, -0.2) is 0 Å². The minimum Gasteiger partial charge on any atom is -0.377 e. The normalized spacial score (nSPS) is 39.4. The third-order valence-electron chi connectivity index (χ3n) is 4.76. The van der Waals surface area contributed by atoms with Gasteiger partial charge in [0.05, 0.1) is 12.2 Å². The van der Waals surface area contributed by atoms with Crippen molar-refractivity contribution in [2.75, 3.05) is 13.2 Å². The predicted octanol–water partition coefficient (Wildman–Crippen LogP) is 2.86. The van der Waals surface area contributed by atoms with E-state index < -0.39 is 0 Å². The third-order valence-corrected chi connectivity index (χ3v) is 4.76. The highest BCUT2D eigenvalue weighted by Crippen LogP contribution is 2.43. The number of rotatable bonds is 3. The van der Waals surface area contributed by atoms with Gasteiger partial charge in [-0.1, -0.05) is 20.8 Å². The van der Waals surface area contributed by atoms with Gasteiger partial charge < -0.3 is 4.74 Å². The van der Waals surface area contributed by atoms with Crippen LogP contribution >= 0.6 is 0 Å². The second-order valence-electron chi connectivity index (χ2n) is 6.87. The Morgan fingerprint density at radius 1 is 1.39 bits per heavy atom. The van der Waals surface area contributed by atoms with Gasteiger partial charge in [-0.3, -0.25) is 5.32 Å². The van der Waals surface area contributed by atoms with Gasteiger partial charge in [0, 0.05) is 13.2 Å². The Morgan fingerprint density at radius 2 is 2.17 bits per heavy atom. The predicted molar refractivity (Wildman–Crippen MR) is 72.1 cm³/mol. The molecule has 2 fully saturated rings. The fourth-order valence-corrected chi connectivity index (χ4v) is 3.46. The second-order valence-corrected chi connectivity index (χ2v) is 6.87. The van der Waals surface area contributed by atoms with Gasteiger partial charge in [0.15, 0.2) is 0 Å². The quantitative estimate of drug-likeness (QED) is 0.837. The Bertz CT molecular complexity index is 328. The molecule has 3 nitrogen and oxygen atoms in total. The molecular weight excluding hydrogens is 224 g/mol. The van der Waals surface area contributed by atoms with Gasteiger partial charge in [0.2, 0.25) is 0 Å². The first-order valence-electron chi connectivity index (χ1n) is 7.25. The highest BCUT2D eigenvalue weighted by Gasteiger charge is 2.44. The van der Waals surface area contributed by atoms with E-state index in [0.29, 0.717) is 17.4 Å². The Kier molecular flexibility index (Phi) is 3.99. The SMILES string of the molecule is CC1CC(C)(C)CCC1(C#N)NCC1CCCO1. The average molecular weight is 250 g/mol. The van der Waals surface area contributed by atoms with E-state index in [1.54, 1.807) is 0 Å². The molecule has 0 aromatic heterocycles. The molecule has 1 aliphatic carbocycles. The second kappa shape index (κ2) is 5.19. The molecule has 18 heavy (non-hydrogen) atoms. The van der Waals surface area contributed by atoms with Crippen molar-refractivity contribution in [2.45, 2.75) is 64.5 Å². The maximum Gasteiger partial charge on any atom is 0.109 e. The molecule has 3 heteroatoms. The summed E-state index contributed by atoms with van der Waals surface area (Å²) in [4.78, 5) is 0. The first kappa shape index (κ1) is 13.8. The summed E-state index contributed by atoms with van der Waals surface area (Å²) in [6.07, 6.45) is 5.83. The van der Waals surface area contributed by atoms with Crippen LogP contribution in [0.4, 0.5) is 0 Å². The van der Waals surface area contributed by atoms with Gasteiger partial charge in [0.1, 0.15) is 5.54 Å². The Hall–Kier alpha value is -0.590. The maximum absolute atomic E-state index is 9.60. The third kappa shape index (κ3) is 2.87. The topological polar surface area (TPSA) is 45.0 Å². The zero-order valence-electron chi connectivity index (χ0n) is 12.0. The fraction of sp³-hybridized carbons (Fsp3) is 0.933. The standard InChI is InChI=1S/C15H26N2O/c1-12-9-14(2,3)6-7-15(12,11-16)17-10-13-5-4-8-18-13/h12-13,17H,4-10H2,1-3H3. The van der Waals surface area contributed by atoms with E-state index in [1.165, 1.54) is 0 Å². The van der Waals surface area contributed by atoms with Crippen molar-refractivity contribution in [2.24, 2.45) is 11.3 Å². The number of ether oxygens (including phenoxy) is 1. The molecule has 3 unspecified atom stereocenters. The van der Waals surface area contributed by atoms with Crippen molar-refractivity contribution in [3.05, 3.63) is 0 Å². The van der Waals surface area contributed by atoms with Crippen LogP contribution in [0, 0.1) is 22.7 Å². The van der Waals surface area contributed by atoms with Crippen LogP contribution in [0.3, 0.4) is 0 Å². The monoisotopic (exact) mass is 250 g/mol. The van der Waals surface area contributed by atoms with Gasteiger partial charge >= 0.3 is 0 Å². The average Bonchev–Trinajstić information content (AvgIpc) is 2.81. The fourth-order valence-electron chi connectivity index (χ4n) is 3.46. The van der Waals surface area contributed by atoms with Crippen molar-refractivity contribution in [3.8, 4) is 6.07 Å². The summed E-state index contributed by atoms with van der Waals surface area (Å²) in [5, 5.41) is 13.1. The van der Waals surface area contributed by atoms with Crippen molar-refractivity contribution in [1.29, 1.82) is 5.26 Å². The van der Waals surface area contributed by atoms with Crippen molar-refractivity contribution >= 4 is 0 Å². The molecule has 0 aromatic rings. The molecule has 0 bridgehead atoms. The smallest absolute Gasteiger partial charge is 0.109 e. The molecule has 102 valence electrons. The summed E-state index contributed by atoms with van der Waals surface area (Å²) < 4.78 is 5.64. The highest BCUT2D eigenvalue weighted by molar-refractivity contribution is 5.13. The molecule has 3 atom stereocenters. The van der Waals surface area contributed by atoms with E-state index in [-0.39, 0.29) is 5.54 Å². The molecule has 1 saturated heterocycles. The number of nitrogens with one attached hydrogen (secondary N) is 1. The zero-order valence-corrected chi connectivity index (χ0v) is 12.0. The van der Waals surface area contributed by atoms with E-state index in [4.69, 9.17) is 4.74 Å². The van der Waals surface area contributed by atoms with Gasteiger partial charge in [-0.05, 0) is 43.4 Å². The summed E-state index contributed by atoms with van der Waals surface area (Å²) in [5.74, 6) is 0.410. The molecule has 1 aliphatic heterocycles. The van der Waals surface area contributed by atoms with E-state index in [2.05, 4.69) is 32.2 Å². The summed E-state index contributed by atoms with van der Waals surface area (Å²) >= 11 is 0. The molecular formula is C15H26N2O. The molecule has 0 aromatic carbocycles. The van der Waals surface area contributed by atoms with E-state index in [9.17, 15) is 5.26 Å². The van der Waals surface area contributed by atoms with Crippen molar-refractivity contribution < 1.29 is 4.74 Å². The zero-order chi connectivity index (χ0) is 13.2. The minimum absolute atomic E-state index is 0.317. The number of hydrogen-bond acceptors (Lipinski definition) is 3. The van der Waals surface area contributed by atoms with Crippen LogP contribution in [-0.2, 0) is 4.74 Å². The summed E-state index contributed by atoms with van der Waals surface area (Å²) in [6, 6.07) is 2.56. The Labute approximate surface area is 111 Å². The van der Waals surface area contributed by atoms with E-state index in [0.717, 1.165) is 45.3 Å². The lowest BCUT2D eigenvalue weighted by Crippen LogP contribution is -2.55. The number of nitriles is 1. The van der Waals surface area contributed by atoms with E-state index >= 15 is 0 Å². The van der Waals surface area contributed by atoms with Crippen LogP contribution in [0.2, 0.25) is 0 Å². The van der Waals surface area contributed by atoms with E-state index in [1.807, 2.05) is 0 Å². The van der Waals surface area contributed by atoms with Crippen LogP contribution in [0.25, 0.3) is 0 Å². The first-order chi connectivity index (χ1) is 8.47.